The molecule has 3 rings (SSSR count). The minimum absolute atomic E-state index is 0.0457. The van der Waals surface area contributed by atoms with Crippen LogP contribution in [0.2, 0.25) is 5.02 Å². The third-order valence-electron chi connectivity index (χ3n) is 4.34. The number of halogens is 2. The third-order valence-corrected chi connectivity index (χ3v) is 4.67. The van der Waals surface area contributed by atoms with E-state index < -0.39 is 0 Å². The first kappa shape index (κ1) is 20.0. The molecule has 28 heavy (non-hydrogen) atoms. The van der Waals surface area contributed by atoms with E-state index in [0.29, 0.717) is 28.8 Å². The van der Waals surface area contributed by atoms with Crippen molar-refractivity contribution < 1.29 is 13.6 Å². The maximum absolute atomic E-state index is 13.3. The molecule has 0 saturated heterocycles. The molecule has 0 fully saturated rings. The van der Waals surface area contributed by atoms with E-state index in [9.17, 15) is 9.18 Å². The molecule has 0 aliphatic heterocycles. The molecule has 0 saturated carbocycles. The zero-order chi connectivity index (χ0) is 20.1. The summed E-state index contributed by atoms with van der Waals surface area (Å²) in [6.07, 6.45) is 0.738. The zero-order valence-electron chi connectivity index (χ0n) is 15.7. The summed E-state index contributed by atoms with van der Waals surface area (Å²) in [4.78, 5) is 14.4. The van der Waals surface area contributed by atoms with Gasteiger partial charge in [0, 0.05) is 12.5 Å². The quantitative estimate of drug-likeness (QED) is 0.565. The Balaban J connectivity index is 1.68. The molecule has 0 N–H and O–H groups in total. The molecule has 1 aromatic heterocycles. The van der Waals surface area contributed by atoms with Crippen molar-refractivity contribution in [1.82, 2.24) is 15.1 Å². The van der Waals surface area contributed by atoms with Gasteiger partial charge in [-0.3, -0.25) is 4.79 Å². The average Bonchev–Trinajstić information content (AvgIpc) is 3.13. The summed E-state index contributed by atoms with van der Waals surface area (Å²) in [6.45, 7) is 4.05. The number of benzene rings is 2. The van der Waals surface area contributed by atoms with Crippen molar-refractivity contribution >= 4 is 17.5 Å². The first-order valence-corrected chi connectivity index (χ1v) is 9.43. The van der Waals surface area contributed by atoms with Gasteiger partial charge in [-0.1, -0.05) is 35.9 Å². The fraction of sp³-hybridized carbons (Fsp3) is 0.286. The number of hydrogen-bond donors (Lipinski definition) is 0. The van der Waals surface area contributed by atoms with Crippen LogP contribution in [0.3, 0.4) is 0 Å². The SMILES string of the molecule is CC(C)N(Cc1nnc(-c2ccccc2Cl)o1)C(=O)CCc1cccc(F)c1. The van der Waals surface area contributed by atoms with Crippen LogP contribution in [0.5, 0.6) is 0 Å². The van der Waals surface area contributed by atoms with Crippen molar-refractivity contribution in [3.63, 3.8) is 0 Å². The van der Waals surface area contributed by atoms with E-state index in [0.717, 1.165) is 5.56 Å². The van der Waals surface area contributed by atoms with Crippen LogP contribution in [0.25, 0.3) is 11.5 Å². The Hall–Kier alpha value is -2.73. The molecule has 0 unspecified atom stereocenters. The largest absolute Gasteiger partial charge is 0.419 e. The fourth-order valence-electron chi connectivity index (χ4n) is 2.85. The van der Waals surface area contributed by atoms with Crippen LogP contribution in [0.15, 0.2) is 52.9 Å². The van der Waals surface area contributed by atoms with E-state index >= 15 is 0 Å². The molecule has 0 bridgehead atoms. The van der Waals surface area contributed by atoms with E-state index in [1.54, 1.807) is 23.1 Å². The van der Waals surface area contributed by atoms with Gasteiger partial charge >= 0.3 is 0 Å². The minimum Gasteiger partial charge on any atom is -0.419 e. The highest BCUT2D eigenvalue weighted by atomic mass is 35.5. The van der Waals surface area contributed by atoms with Crippen molar-refractivity contribution in [2.24, 2.45) is 0 Å². The molecule has 2 aromatic carbocycles. The van der Waals surface area contributed by atoms with Crippen LogP contribution in [0.1, 0.15) is 31.7 Å². The van der Waals surface area contributed by atoms with Gasteiger partial charge in [0.15, 0.2) is 0 Å². The summed E-state index contributed by atoms with van der Waals surface area (Å²) >= 11 is 6.17. The first-order valence-electron chi connectivity index (χ1n) is 9.05. The monoisotopic (exact) mass is 401 g/mol. The zero-order valence-corrected chi connectivity index (χ0v) is 16.5. The summed E-state index contributed by atoms with van der Waals surface area (Å²) in [6, 6.07) is 13.4. The Kier molecular flexibility index (Phi) is 6.41. The van der Waals surface area contributed by atoms with Crippen molar-refractivity contribution in [3.8, 4) is 11.5 Å². The van der Waals surface area contributed by atoms with Crippen LogP contribution < -0.4 is 0 Å². The van der Waals surface area contributed by atoms with Gasteiger partial charge in [-0.2, -0.15) is 0 Å². The van der Waals surface area contributed by atoms with Crippen molar-refractivity contribution in [2.45, 2.75) is 39.3 Å². The van der Waals surface area contributed by atoms with Gasteiger partial charge in [-0.25, -0.2) is 4.39 Å². The summed E-state index contributed by atoms with van der Waals surface area (Å²) in [7, 11) is 0. The average molecular weight is 402 g/mol. The lowest BCUT2D eigenvalue weighted by atomic mass is 10.1. The molecular weight excluding hydrogens is 381 g/mol. The Labute approximate surface area is 168 Å². The standard InChI is InChI=1S/C21H21ClFN3O2/c1-14(2)26(20(27)11-10-15-6-5-7-16(23)12-15)13-19-24-25-21(28-19)17-8-3-4-9-18(17)22/h3-9,12,14H,10-11,13H2,1-2H3. The van der Waals surface area contributed by atoms with Crippen molar-refractivity contribution in [2.75, 3.05) is 0 Å². The first-order chi connectivity index (χ1) is 13.4. The van der Waals surface area contributed by atoms with E-state index in [1.165, 1.54) is 12.1 Å². The number of rotatable bonds is 7. The van der Waals surface area contributed by atoms with Crippen molar-refractivity contribution in [3.05, 3.63) is 70.8 Å². The summed E-state index contributed by atoms with van der Waals surface area (Å²) < 4.78 is 19.0. The van der Waals surface area contributed by atoms with Crippen molar-refractivity contribution in [1.29, 1.82) is 0 Å². The topological polar surface area (TPSA) is 59.2 Å². The number of amides is 1. The molecule has 3 aromatic rings. The van der Waals surface area contributed by atoms with Crippen LogP contribution >= 0.6 is 11.6 Å². The van der Waals surface area contributed by atoms with Crippen LogP contribution in [-0.2, 0) is 17.8 Å². The molecular formula is C21H21ClFN3O2. The molecule has 0 spiro atoms. The molecule has 1 amide bonds. The fourth-order valence-corrected chi connectivity index (χ4v) is 3.07. The van der Waals surface area contributed by atoms with Crippen LogP contribution in [0, 0.1) is 5.82 Å². The van der Waals surface area contributed by atoms with Gasteiger partial charge in [0.05, 0.1) is 17.1 Å². The summed E-state index contributed by atoms with van der Waals surface area (Å²) in [5.74, 6) is 0.291. The minimum atomic E-state index is -0.302. The predicted molar refractivity (Wildman–Crippen MR) is 105 cm³/mol. The smallest absolute Gasteiger partial charge is 0.249 e. The Morgan fingerprint density at radius 2 is 1.96 bits per heavy atom. The van der Waals surface area contributed by atoms with Crippen LogP contribution in [-0.4, -0.2) is 27.0 Å². The van der Waals surface area contributed by atoms with Gasteiger partial charge in [-0.05, 0) is 50.1 Å². The van der Waals surface area contributed by atoms with Gasteiger partial charge < -0.3 is 9.32 Å². The van der Waals surface area contributed by atoms with E-state index in [1.807, 2.05) is 32.0 Å². The van der Waals surface area contributed by atoms with E-state index in [-0.39, 0.29) is 30.7 Å². The second-order valence-corrected chi connectivity index (χ2v) is 7.13. The lowest BCUT2D eigenvalue weighted by molar-refractivity contribution is -0.133. The summed E-state index contributed by atoms with van der Waals surface area (Å²) in [5, 5.41) is 8.61. The number of aryl methyl sites for hydroxylation is 1. The van der Waals surface area contributed by atoms with Crippen LogP contribution in [0.4, 0.5) is 4.39 Å². The molecule has 146 valence electrons. The number of hydrogen-bond acceptors (Lipinski definition) is 4. The van der Waals surface area contributed by atoms with Gasteiger partial charge in [0.1, 0.15) is 5.82 Å². The Bertz CT molecular complexity index is 958. The van der Waals surface area contributed by atoms with Gasteiger partial charge in [0.25, 0.3) is 0 Å². The van der Waals surface area contributed by atoms with E-state index in [2.05, 4.69) is 10.2 Å². The normalized spacial score (nSPS) is 11.0. The lowest BCUT2D eigenvalue weighted by Crippen LogP contribution is -2.36. The van der Waals surface area contributed by atoms with Gasteiger partial charge in [-0.15, -0.1) is 10.2 Å². The second-order valence-electron chi connectivity index (χ2n) is 6.73. The molecule has 0 radical (unpaired) electrons. The number of aromatic nitrogens is 2. The number of carbonyl (C=O) groups excluding carboxylic acids is 1. The lowest BCUT2D eigenvalue weighted by Gasteiger charge is -2.25. The second kappa shape index (κ2) is 8.97. The molecule has 0 atom stereocenters. The molecule has 5 nitrogen and oxygen atoms in total. The number of carbonyl (C=O) groups is 1. The Morgan fingerprint density at radius 1 is 1.18 bits per heavy atom. The third kappa shape index (κ3) is 4.95. The predicted octanol–water partition coefficient (Wildman–Crippen LogP) is 4.90. The van der Waals surface area contributed by atoms with Gasteiger partial charge in [0.2, 0.25) is 17.7 Å². The maximum atomic E-state index is 13.3. The highest BCUT2D eigenvalue weighted by Gasteiger charge is 2.21. The molecule has 1 heterocycles. The number of nitrogens with zero attached hydrogens (tertiary/aromatic N) is 3. The highest BCUT2D eigenvalue weighted by molar-refractivity contribution is 6.33. The molecule has 0 aliphatic rings. The summed E-state index contributed by atoms with van der Waals surface area (Å²) in [5.41, 5.74) is 1.44. The highest BCUT2D eigenvalue weighted by Crippen LogP contribution is 2.26. The Morgan fingerprint density at radius 3 is 2.68 bits per heavy atom. The molecule has 0 aliphatic carbocycles. The maximum Gasteiger partial charge on any atom is 0.249 e. The van der Waals surface area contributed by atoms with E-state index in [4.69, 9.17) is 16.0 Å². The molecule has 7 heteroatoms.